The summed E-state index contributed by atoms with van der Waals surface area (Å²) < 4.78 is 5.24. The summed E-state index contributed by atoms with van der Waals surface area (Å²) in [6.07, 6.45) is 4.81. The van der Waals surface area contributed by atoms with E-state index in [2.05, 4.69) is 10.1 Å². The highest BCUT2D eigenvalue weighted by Crippen LogP contribution is 2.39. The lowest BCUT2D eigenvalue weighted by atomic mass is 9.72. The number of hydrogen-bond acceptors (Lipinski definition) is 4. The number of aliphatic carboxylic acids is 1. The molecule has 1 aliphatic carbocycles. The molecule has 1 aliphatic rings. The second-order valence-corrected chi connectivity index (χ2v) is 6.58. The van der Waals surface area contributed by atoms with Crippen LogP contribution >= 0.6 is 0 Å². The van der Waals surface area contributed by atoms with Gasteiger partial charge in [-0.3, -0.25) is 4.79 Å². The Hall–Kier alpha value is -1.39. The van der Waals surface area contributed by atoms with E-state index in [1.807, 2.05) is 20.8 Å². The third-order valence-corrected chi connectivity index (χ3v) is 3.89. The topological polar surface area (TPSA) is 76.2 Å². The molecule has 0 spiro atoms. The van der Waals surface area contributed by atoms with Crippen molar-refractivity contribution in [1.82, 2.24) is 10.1 Å². The van der Waals surface area contributed by atoms with Gasteiger partial charge in [0.25, 0.3) is 0 Å². The molecule has 1 N–H and O–H groups in total. The summed E-state index contributed by atoms with van der Waals surface area (Å²) in [5.41, 5.74) is -0.884. The molecule has 106 valence electrons. The lowest BCUT2D eigenvalue weighted by molar-refractivity contribution is -0.151. The fourth-order valence-corrected chi connectivity index (χ4v) is 2.62. The van der Waals surface area contributed by atoms with Gasteiger partial charge >= 0.3 is 5.97 Å². The van der Waals surface area contributed by atoms with Crippen LogP contribution in [-0.4, -0.2) is 21.2 Å². The second-order valence-electron chi connectivity index (χ2n) is 6.58. The number of carbonyl (C=O) groups is 1. The Kier molecular flexibility index (Phi) is 3.65. The highest BCUT2D eigenvalue weighted by molar-refractivity contribution is 5.75. The molecule has 1 aromatic rings. The molecule has 0 atom stereocenters. The molecular formula is C14H22N2O3. The SMILES string of the molecule is CC(C)(C)c1noc(CC2(C(=O)O)CCCCC2)n1. The standard InChI is InChI=1S/C14H22N2O3/c1-13(2,3)11-15-10(19-16-11)9-14(12(17)18)7-5-4-6-8-14/h4-9H2,1-3H3,(H,17,18). The summed E-state index contributed by atoms with van der Waals surface area (Å²) >= 11 is 0. The summed E-state index contributed by atoms with van der Waals surface area (Å²) in [7, 11) is 0. The molecule has 0 amide bonds. The first-order valence-electron chi connectivity index (χ1n) is 6.90. The van der Waals surface area contributed by atoms with Crippen molar-refractivity contribution in [3.8, 4) is 0 Å². The van der Waals surface area contributed by atoms with Crippen LogP contribution in [0, 0.1) is 5.41 Å². The van der Waals surface area contributed by atoms with E-state index >= 15 is 0 Å². The minimum Gasteiger partial charge on any atom is -0.481 e. The average molecular weight is 266 g/mol. The van der Waals surface area contributed by atoms with Crippen molar-refractivity contribution in [3.63, 3.8) is 0 Å². The highest BCUT2D eigenvalue weighted by atomic mass is 16.5. The molecule has 0 saturated heterocycles. The Balaban J connectivity index is 2.18. The van der Waals surface area contributed by atoms with Gasteiger partial charge in [0, 0.05) is 11.8 Å². The monoisotopic (exact) mass is 266 g/mol. The molecule has 2 rings (SSSR count). The molecule has 0 aromatic carbocycles. The Bertz CT molecular complexity index is 454. The molecule has 0 aliphatic heterocycles. The van der Waals surface area contributed by atoms with Crippen LogP contribution in [0.4, 0.5) is 0 Å². The largest absolute Gasteiger partial charge is 0.481 e. The Morgan fingerprint density at radius 3 is 2.42 bits per heavy atom. The van der Waals surface area contributed by atoms with Crippen molar-refractivity contribution >= 4 is 5.97 Å². The zero-order valence-corrected chi connectivity index (χ0v) is 11.9. The normalized spacial score (nSPS) is 19.3. The van der Waals surface area contributed by atoms with Gasteiger partial charge in [0.1, 0.15) is 0 Å². The number of carboxylic acid groups (broad SMARTS) is 1. The molecule has 5 nitrogen and oxygen atoms in total. The number of aromatic nitrogens is 2. The first-order chi connectivity index (χ1) is 8.83. The zero-order chi connectivity index (χ0) is 14.1. The summed E-state index contributed by atoms with van der Waals surface area (Å²) in [4.78, 5) is 16.0. The van der Waals surface area contributed by atoms with Gasteiger partial charge in [-0.2, -0.15) is 4.98 Å². The summed E-state index contributed by atoms with van der Waals surface area (Å²) in [6.45, 7) is 6.03. The molecule has 1 heterocycles. The summed E-state index contributed by atoms with van der Waals surface area (Å²) in [6, 6.07) is 0. The minimum atomic E-state index is -0.734. The minimum absolute atomic E-state index is 0.176. The van der Waals surface area contributed by atoms with E-state index in [0.29, 0.717) is 31.0 Å². The quantitative estimate of drug-likeness (QED) is 0.910. The maximum atomic E-state index is 11.6. The van der Waals surface area contributed by atoms with Crippen molar-refractivity contribution < 1.29 is 14.4 Å². The molecule has 0 radical (unpaired) electrons. The zero-order valence-electron chi connectivity index (χ0n) is 11.9. The summed E-state index contributed by atoms with van der Waals surface area (Å²) in [5.74, 6) is 0.357. The van der Waals surface area contributed by atoms with Crippen LogP contribution in [-0.2, 0) is 16.6 Å². The first kappa shape index (κ1) is 14.0. The van der Waals surface area contributed by atoms with E-state index in [-0.39, 0.29) is 5.41 Å². The number of carboxylic acids is 1. The van der Waals surface area contributed by atoms with Crippen LogP contribution in [0.5, 0.6) is 0 Å². The maximum Gasteiger partial charge on any atom is 0.310 e. The van der Waals surface area contributed by atoms with E-state index in [4.69, 9.17) is 4.52 Å². The fourth-order valence-electron chi connectivity index (χ4n) is 2.62. The molecule has 1 aromatic heterocycles. The average Bonchev–Trinajstić information content (AvgIpc) is 2.78. The molecule has 1 saturated carbocycles. The van der Waals surface area contributed by atoms with Gasteiger partial charge in [-0.15, -0.1) is 0 Å². The molecule has 19 heavy (non-hydrogen) atoms. The third kappa shape index (κ3) is 2.96. The molecule has 0 bridgehead atoms. The lowest BCUT2D eigenvalue weighted by Crippen LogP contribution is -2.35. The van der Waals surface area contributed by atoms with Crippen LogP contribution < -0.4 is 0 Å². The van der Waals surface area contributed by atoms with Crippen LogP contribution in [0.25, 0.3) is 0 Å². The Labute approximate surface area is 113 Å². The van der Waals surface area contributed by atoms with Gasteiger partial charge in [0.05, 0.1) is 5.41 Å². The van der Waals surface area contributed by atoms with Gasteiger partial charge in [-0.25, -0.2) is 0 Å². The maximum absolute atomic E-state index is 11.6. The fraction of sp³-hybridized carbons (Fsp3) is 0.786. The van der Waals surface area contributed by atoms with E-state index in [9.17, 15) is 9.90 Å². The highest BCUT2D eigenvalue weighted by Gasteiger charge is 2.41. The van der Waals surface area contributed by atoms with Crippen LogP contribution in [0.1, 0.15) is 64.6 Å². The van der Waals surface area contributed by atoms with Crippen molar-refractivity contribution in [2.24, 2.45) is 5.41 Å². The van der Waals surface area contributed by atoms with Crippen molar-refractivity contribution in [1.29, 1.82) is 0 Å². The number of nitrogens with zero attached hydrogens (tertiary/aromatic N) is 2. The second kappa shape index (κ2) is 4.94. The smallest absolute Gasteiger partial charge is 0.310 e. The van der Waals surface area contributed by atoms with Gasteiger partial charge in [0.15, 0.2) is 5.82 Å². The van der Waals surface area contributed by atoms with Crippen LogP contribution in [0.3, 0.4) is 0 Å². The molecular weight excluding hydrogens is 244 g/mol. The van der Waals surface area contributed by atoms with Gasteiger partial charge < -0.3 is 9.63 Å². The Morgan fingerprint density at radius 2 is 1.95 bits per heavy atom. The van der Waals surface area contributed by atoms with Crippen LogP contribution in [0.2, 0.25) is 0 Å². The van der Waals surface area contributed by atoms with E-state index in [1.165, 1.54) is 0 Å². The van der Waals surface area contributed by atoms with Crippen molar-refractivity contribution in [2.45, 2.75) is 64.7 Å². The lowest BCUT2D eigenvalue weighted by Gasteiger charge is -2.31. The van der Waals surface area contributed by atoms with E-state index in [0.717, 1.165) is 19.3 Å². The predicted octanol–water partition coefficient (Wildman–Crippen LogP) is 2.94. The van der Waals surface area contributed by atoms with Gasteiger partial charge in [-0.05, 0) is 12.8 Å². The van der Waals surface area contributed by atoms with Crippen molar-refractivity contribution in [2.75, 3.05) is 0 Å². The van der Waals surface area contributed by atoms with E-state index < -0.39 is 11.4 Å². The van der Waals surface area contributed by atoms with Crippen molar-refractivity contribution in [3.05, 3.63) is 11.7 Å². The van der Waals surface area contributed by atoms with Gasteiger partial charge in [-0.1, -0.05) is 45.2 Å². The third-order valence-electron chi connectivity index (χ3n) is 3.89. The molecule has 5 heteroatoms. The van der Waals surface area contributed by atoms with Crippen LogP contribution in [0.15, 0.2) is 4.52 Å². The van der Waals surface area contributed by atoms with E-state index in [1.54, 1.807) is 0 Å². The first-order valence-corrected chi connectivity index (χ1v) is 6.90. The Morgan fingerprint density at radius 1 is 1.32 bits per heavy atom. The van der Waals surface area contributed by atoms with Gasteiger partial charge in [0.2, 0.25) is 5.89 Å². The molecule has 0 unspecified atom stereocenters. The number of hydrogen-bond donors (Lipinski definition) is 1. The summed E-state index contributed by atoms with van der Waals surface area (Å²) in [5, 5.41) is 13.5. The molecule has 1 fully saturated rings. The predicted molar refractivity (Wildman–Crippen MR) is 69.9 cm³/mol. The number of rotatable bonds is 3.